The number of benzene rings is 1. The first kappa shape index (κ1) is 18.2. The molecule has 4 heteroatoms. The molecule has 0 aromatic heterocycles. The summed E-state index contributed by atoms with van der Waals surface area (Å²) in [4.78, 5) is 23.6. The zero-order valence-electron chi connectivity index (χ0n) is 14.2. The molecule has 2 unspecified atom stereocenters. The number of hydrogen-bond donors (Lipinski definition) is 1. The van der Waals surface area contributed by atoms with E-state index in [9.17, 15) is 9.59 Å². The minimum atomic E-state index is -0.639. The number of ether oxygens (including phenoxy) is 1. The maximum absolute atomic E-state index is 12.1. The molecule has 4 nitrogen and oxygen atoms in total. The lowest BCUT2D eigenvalue weighted by Crippen LogP contribution is -2.53. The van der Waals surface area contributed by atoms with Crippen molar-refractivity contribution in [3.05, 3.63) is 35.9 Å². The number of nitrogens with one attached hydrogen (secondary N) is 1. The molecule has 1 rings (SSSR count). The van der Waals surface area contributed by atoms with Gasteiger partial charge in [-0.25, -0.2) is 4.79 Å². The third-order valence-electron chi connectivity index (χ3n) is 3.80. The van der Waals surface area contributed by atoms with Gasteiger partial charge in [0.1, 0.15) is 11.9 Å². The molecular formula is C18H27NO3. The van der Waals surface area contributed by atoms with E-state index in [4.69, 9.17) is 4.74 Å². The van der Waals surface area contributed by atoms with Crippen LogP contribution in [0.1, 0.15) is 46.6 Å². The maximum atomic E-state index is 12.1. The highest BCUT2D eigenvalue weighted by Gasteiger charge is 2.35. The predicted molar refractivity (Wildman–Crippen MR) is 87.8 cm³/mol. The molecule has 2 atom stereocenters. The summed E-state index contributed by atoms with van der Waals surface area (Å²) in [6, 6.07) is 9.81. The standard InChI is InChI=1S/C18H27NO3/c1-6-18(5,19-16(21)22-17(2,3)4)15(13-20)12-14-10-8-7-9-11-14/h7-11,13,15H,6,12H2,1-5H3,(H,19,21). The number of aldehydes is 1. The van der Waals surface area contributed by atoms with E-state index in [0.717, 1.165) is 11.8 Å². The van der Waals surface area contributed by atoms with Crippen LogP contribution in [0.3, 0.4) is 0 Å². The highest BCUT2D eigenvalue weighted by molar-refractivity contribution is 5.70. The number of alkyl carbamates (subject to hydrolysis) is 1. The van der Waals surface area contributed by atoms with E-state index in [1.807, 2.05) is 65.0 Å². The van der Waals surface area contributed by atoms with E-state index in [1.54, 1.807) is 0 Å². The van der Waals surface area contributed by atoms with Crippen molar-refractivity contribution in [1.29, 1.82) is 0 Å². The van der Waals surface area contributed by atoms with Crippen molar-refractivity contribution in [2.24, 2.45) is 5.92 Å². The lowest BCUT2D eigenvalue weighted by Gasteiger charge is -2.35. The Kier molecular flexibility index (Phi) is 6.15. The monoisotopic (exact) mass is 305 g/mol. The van der Waals surface area contributed by atoms with E-state index in [-0.39, 0.29) is 5.92 Å². The molecule has 0 aliphatic carbocycles. The first-order valence-corrected chi connectivity index (χ1v) is 7.70. The Morgan fingerprint density at radius 1 is 1.23 bits per heavy atom. The van der Waals surface area contributed by atoms with E-state index < -0.39 is 17.2 Å². The summed E-state index contributed by atoms with van der Waals surface area (Å²) in [6.07, 6.45) is 1.66. The molecule has 22 heavy (non-hydrogen) atoms. The average molecular weight is 305 g/mol. The number of carbonyl (C=O) groups excluding carboxylic acids is 2. The fourth-order valence-electron chi connectivity index (χ4n) is 2.27. The Morgan fingerprint density at radius 3 is 2.27 bits per heavy atom. The average Bonchev–Trinajstić information content (AvgIpc) is 2.43. The van der Waals surface area contributed by atoms with Crippen LogP contribution in [0.15, 0.2) is 30.3 Å². The second kappa shape index (κ2) is 7.43. The Morgan fingerprint density at radius 2 is 1.82 bits per heavy atom. The zero-order valence-corrected chi connectivity index (χ0v) is 14.2. The van der Waals surface area contributed by atoms with Crippen LogP contribution in [-0.2, 0) is 16.0 Å². The molecular weight excluding hydrogens is 278 g/mol. The SMILES string of the molecule is CCC(C)(NC(=O)OC(C)(C)C)C(C=O)Cc1ccccc1. The van der Waals surface area contributed by atoms with Crippen LogP contribution in [0, 0.1) is 5.92 Å². The summed E-state index contributed by atoms with van der Waals surface area (Å²) in [7, 11) is 0. The van der Waals surface area contributed by atoms with Gasteiger partial charge in [-0.15, -0.1) is 0 Å². The van der Waals surface area contributed by atoms with Gasteiger partial charge in [0, 0.05) is 5.92 Å². The lowest BCUT2D eigenvalue weighted by atomic mass is 9.80. The van der Waals surface area contributed by atoms with Crippen molar-refractivity contribution in [3.8, 4) is 0 Å². The van der Waals surface area contributed by atoms with Gasteiger partial charge < -0.3 is 14.8 Å². The van der Waals surface area contributed by atoms with Crippen LogP contribution in [-0.4, -0.2) is 23.5 Å². The summed E-state index contributed by atoms with van der Waals surface area (Å²) >= 11 is 0. The minimum absolute atomic E-state index is 0.313. The molecule has 0 spiro atoms. The normalized spacial score (nSPS) is 15.5. The molecule has 1 aromatic carbocycles. The molecule has 0 heterocycles. The van der Waals surface area contributed by atoms with Gasteiger partial charge in [0.05, 0.1) is 5.54 Å². The van der Waals surface area contributed by atoms with Crippen LogP contribution in [0.2, 0.25) is 0 Å². The molecule has 0 bridgehead atoms. The quantitative estimate of drug-likeness (QED) is 0.815. The number of carbonyl (C=O) groups is 2. The summed E-state index contributed by atoms with van der Waals surface area (Å²) in [5, 5.41) is 2.88. The summed E-state index contributed by atoms with van der Waals surface area (Å²) in [5.74, 6) is -0.313. The lowest BCUT2D eigenvalue weighted by molar-refractivity contribution is -0.113. The molecule has 0 saturated carbocycles. The van der Waals surface area contributed by atoms with Gasteiger partial charge in [0.2, 0.25) is 0 Å². The highest BCUT2D eigenvalue weighted by Crippen LogP contribution is 2.24. The molecule has 1 N–H and O–H groups in total. The smallest absolute Gasteiger partial charge is 0.408 e. The van der Waals surface area contributed by atoms with Gasteiger partial charge in [0.15, 0.2) is 0 Å². The topological polar surface area (TPSA) is 55.4 Å². The van der Waals surface area contributed by atoms with Crippen LogP contribution < -0.4 is 5.32 Å². The van der Waals surface area contributed by atoms with E-state index in [2.05, 4.69) is 5.32 Å². The zero-order chi connectivity index (χ0) is 16.8. The van der Waals surface area contributed by atoms with Gasteiger partial charge >= 0.3 is 6.09 Å². The van der Waals surface area contributed by atoms with Crippen molar-refractivity contribution < 1.29 is 14.3 Å². The molecule has 1 amide bonds. The third kappa shape index (κ3) is 5.51. The Hall–Kier alpha value is -1.84. The van der Waals surface area contributed by atoms with Gasteiger partial charge in [0.25, 0.3) is 0 Å². The van der Waals surface area contributed by atoms with E-state index in [0.29, 0.717) is 12.8 Å². The van der Waals surface area contributed by atoms with Crippen molar-refractivity contribution in [1.82, 2.24) is 5.32 Å². The van der Waals surface area contributed by atoms with E-state index >= 15 is 0 Å². The Labute approximate surface area is 133 Å². The number of amides is 1. The maximum Gasteiger partial charge on any atom is 0.408 e. The summed E-state index contributed by atoms with van der Waals surface area (Å²) < 4.78 is 5.31. The second-order valence-electron chi connectivity index (χ2n) is 6.83. The first-order valence-electron chi connectivity index (χ1n) is 7.70. The molecule has 0 saturated heterocycles. The molecule has 0 fully saturated rings. The van der Waals surface area contributed by atoms with Crippen molar-refractivity contribution in [2.45, 2.75) is 58.6 Å². The molecule has 0 aliphatic rings. The second-order valence-corrected chi connectivity index (χ2v) is 6.83. The van der Waals surface area contributed by atoms with Gasteiger partial charge in [-0.3, -0.25) is 0 Å². The minimum Gasteiger partial charge on any atom is -0.444 e. The number of rotatable bonds is 6. The Balaban J connectivity index is 2.84. The fourth-order valence-corrected chi connectivity index (χ4v) is 2.27. The summed E-state index contributed by atoms with van der Waals surface area (Å²) in [5.41, 5.74) is -0.125. The molecule has 0 radical (unpaired) electrons. The molecule has 122 valence electrons. The van der Waals surface area contributed by atoms with E-state index in [1.165, 1.54) is 0 Å². The third-order valence-corrected chi connectivity index (χ3v) is 3.80. The first-order chi connectivity index (χ1) is 10.2. The largest absolute Gasteiger partial charge is 0.444 e. The van der Waals surface area contributed by atoms with Crippen LogP contribution in [0.4, 0.5) is 4.79 Å². The van der Waals surface area contributed by atoms with Gasteiger partial charge in [-0.2, -0.15) is 0 Å². The van der Waals surface area contributed by atoms with Gasteiger partial charge in [-0.1, -0.05) is 37.3 Å². The molecule has 0 aliphatic heterocycles. The highest BCUT2D eigenvalue weighted by atomic mass is 16.6. The molecule has 1 aromatic rings. The van der Waals surface area contributed by atoms with Crippen LogP contribution in [0.5, 0.6) is 0 Å². The Bertz CT molecular complexity index is 493. The van der Waals surface area contributed by atoms with Crippen LogP contribution >= 0.6 is 0 Å². The van der Waals surface area contributed by atoms with Crippen molar-refractivity contribution in [2.75, 3.05) is 0 Å². The summed E-state index contributed by atoms with van der Waals surface area (Å²) in [6.45, 7) is 9.29. The number of hydrogen-bond acceptors (Lipinski definition) is 3. The van der Waals surface area contributed by atoms with Crippen LogP contribution in [0.25, 0.3) is 0 Å². The van der Waals surface area contributed by atoms with Crippen molar-refractivity contribution >= 4 is 12.4 Å². The predicted octanol–water partition coefficient (Wildman–Crippen LogP) is 3.74. The van der Waals surface area contributed by atoms with Crippen molar-refractivity contribution in [3.63, 3.8) is 0 Å². The fraction of sp³-hybridized carbons (Fsp3) is 0.556. The van der Waals surface area contributed by atoms with Gasteiger partial charge in [-0.05, 0) is 46.1 Å².